The monoisotopic (exact) mass is 291 g/mol. The Morgan fingerprint density at radius 2 is 2.25 bits per heavy atom. The molecule has 3 nitrogen and oxygen atoms in total. The minimum atomic E-state index is -0.323. The molecule has 0 radical (unpaired) electrons. The summed E-state index contributed by atoms with van der Waals surface area (Å²) in [4.78, 5) is 16.0. The first-order valence-electron chi connectivity index (χ1n) is 7.35. The molecule has 20 heavy (non-hydrogen) atoms. The first-order valence-corrected chi connectivity index (χ1v) is 8.34. The Morgan fingerprint density at radius 1 is 1.45 bits per heavy atom. The van der Waals surface area contributed by atoms with E-state index >= 15 is 0 Å². The lowest BCUT2D eigenvalue weighted by atomic mass is 9.91. The Morgan fingerprint density at radius 3 is 3.05 bits per heavy atom. The number of likely N-dealkylation sites (tertiary alicyclic amines) is 1. The van der Waals surface area contributed by atoms with Crippen molar-refractivity contribution >= 4 is 17.7 Å². The van der Waals surface area contributed by atoms with Gasteiger partial charge in [0, 0.05) is 29.7 Å². The van der Waals surface area contributed by atoms with Crippen molar-refractivity contribution in [3.05, 3.63) is 29.8 Å². The molecule has 3 unspecified atom stereocenters. The fourth-order valence-corrected chi connectivity index (χ4v) is 4.41. The first-order chi connectivity index (χ1) is 9.66. The highest BCUT2D eigenvalue weighted by Gasteiger charge is 2.34. The molecule has 1 fully saturated rings. The number of piperidine rings is 1. The van der Waals surface area contributed by atoms with Crippen LogP contribution >= 0.6 is 11.8 Å². The summed E-state index contributed by atoms with van der Waals surface area (Å²) in [6.45, 7) is 3.38. The molecule has 1 amide bonds. The second-order valence-electron chi connectivity index (χ2n) is 5.83. The van der Waals surface area contributed by atoms with Crippen molar-refractivity contribution in [1.29, 1.82) is 0 Å². The quantitative estimate of drug-likeness (QED) is 0.910. The van der Waals surface area contributed by atoms with E-state index in [2.05, 4.69) is 12.1 Å². The highest BCUT2D eigenvalue weighted by Crippen LogP contribution is 2.40. The van der Waals surface area contributed by atoms with Crippen LogP contribution in [0.25, 0.3) is 0 Å². The number of hydrogen-bond donors (Lipinski definition) is 1. The van der Waals surface area contributed by atoms with Gasteiger partial charge in [-0.3, -0.25) is 4.79 Å². The van der Waals surface area contributed by atoms with Crippen molar-refractivity contribution < 1.29 is 9.90 Å². The lowest BCUT2D eigenvalue weighted by molar-refractivity contribution is -0.134. The molecule has 2 heterocycles. The Kier molecular flexibility index (Phi) is 4.03. The van der Waals surface area contributed by atoms with E-state index in [-0.39, 0.29) is 23.8 Å². The molecule has 1 aromatic carbocycles. The third-order valence-corrected chi connectivity index (χ3v) is 5.63. The van der Waals surface area contributed by atoms with Gasteiger partial charge in [0.2, 0.25) is 5.91 Å². The van der Waals surface area contributed by atoms with Gasteiger partial charge in [0.15, 0.2) is 0 Å². The summed E-state index contributed by atoms with van der Waals surface area (Å²) in [5, 5.41) is 9.76. The van der Waals surface area contributed by atoms with Crippen molar-refractivity contribution in [2.45, 2.75) is 36.7 Å². The summed E-state index contributed by atoms with van der Waals surface area (Å²) in [6, 6.07) is 8.22. The average Bonchev–Trinajstić information content (AvgIpc) is 2.90. The Labute approximate surface area is 124 Å². The fourth-order valence-electron chi connectivity index (χ4n) is 3.19. The topological polar surface area (TPSA) is 40.5 Å². The summed E-state index contributed by atoms with van der Waals surface area (Å²) >= 11 is 1.78. The van der Waals surface area contributed by atoms with Crippen LogP contribution in [0.3, 0.4) is 0 Å². The molecule has 1 N–H and O–H groups in total. The molecule has 2 aliphatic rings. The lowest BCUT2D eigenvalue weighted by Crippen LogP contribution is -2.44. The van der Waals surface area contributed by atoms with Gasteiger partial charge >= 0.3 is 0 Å². The van der Waals surface area contributed by atoms with Crippen molar-refractivity contribution in [3.8, 4) is 0 Å². The molecule has 108 valence electrons. The number of amides is 1. The van der Waals surface area contributed by atoms with E-state index in [1.165, 1.54) is 10.5 Å². The van der Waals surface area contributed by atoms with Crippen LogP contribution in [0.1, 0.15) is 31.2 Å². The van der Waals surface area contributed by atoms with E-state index < -0.39 is 0 Å². The smallest absolute Gasteiger partial charge is 0.231 e. The van der Waals surface area contributed by atoms with Crippen molar-refractivity contribution in [2.24, 2.45) is 5.92 Å². The van der Waals surface area contributed by atoms with Crippen LogP contribution in [-0.4, -0.2) is 40.9 Å². The van der Waals surface area contributed by atoms with Crippen LogP contribution < -0.4 is 0 Å². The summed E-state index contributed by atoms with van der Waals surface area (Å²) < 4.78 is 0. The summed E-state index contributed by atoms with van der Waals surface area (Å²) in [5.74, 6) is 1.34. The zero-order valence-electron chi connectivity index (χ0n) is 11.8. The highest BCUT2D eigenvalue weighted by molar-refractivity contribution is 7.99. The van der Waals surface area contributed by atoms with E-state index in [1.54, 1.807) is 11.8 Å². The van der Waals surface area contributed by atoms with E-state index in [0.29, 0.717) is 6.54 Å². The number of rotatable bonds is 2. The minimum Gasteiger partial charge on any atom is -0.393 e. The number of benzene rings is 1. The predicted octanol–water partition coefficient (Wildman–Crippen LogP) is 2.50. The molecule has 3 rings (SSSR count). The van der Waals surface area contributed by atoms with Gasteiger partial charge in [-0.15, -0.1) is 11.8 Å². The molecular weight excluding hydrogens is 270 g/mol. The van der Waals surface area contributed by atoms with Gasteiger partial charge in [-0.2, -0.15) is 0 Å². The van der Waals surface area contributed by atoms with Crippen LogP contribution in [0.4, 0.5) is 0 Å². The Bertz CT molecular complexity index is 503. The third-order valence-electron chi connectivity index (χ3n) is 4.45. The van der Waals surface area contributed by atoms with Gasteiger partial charge in [-0.05, 0) is 31.4 Å². The van der Waals surface area contributed by atoms with Gasteiger partial charge in [0.1, 0.15) is 0 Å². The van der Waals surface area contributed by atoms with E-state index in [9.17, 15) is 9.90 Å². The van der Waals surface area contributed by atoms with Crippen LogP contribution in [0, 0.1) is 5.92 Å². The molecule has 3 atom stereocenters. The minimum absolute atomic E-state index is 0.00366. The zero-order valence-corrected chi connectivity index (χ0v) is 12.6. The van der Waals surface area contributed by atoms with Gasteiger partial charge in [-0.25, -0.2) is 0 Å². The van der Waals surface area contributed by atoms with Gasteiger partial charge in [0.25, 0.3) is 0 Å². The fraction of sp³-hybridized carbons (Fsp3) is 0.562. The number of nitrogens with zero attached hydrogens (tertiary/aromatic N) is 1. The van der Waals surface area contributed by atoms with Gasteiger partial charge < -0.3 is 10.0 Å². The maximum absolute atomic E-state index is 12.8. The number of aliphatic hydroxyl groups excluding tert-OH is 1. The summed E-state index contributed by atoms with van der Waals surface area (Å²) in [6.07, 6.45) is 1.70. The number of aliphatic hydroxyl groups is 1. The second-order valence-corrected chi connectivity index (χ2v) is 6.89. The van der Waals surface area contributed by atoms with Crippen molar-refractivity contribution in [2.75, 3.05) is 18.8 Å². The Balaban J connectivity index is 1.74. The van der Waals surface area contributed by atoms with Crippen LogP contribution in [-0.2, 0) is 4.79 Å². The number of hydrogen-bond acceptors (Lipinski definition) is 3. The number of fused-ring (bicyclic) bond motifs is 1. The predicted molar refractivity (Wildman–Crippen MR) is 80.9 cm³/mol. The molecule has 0 aromatic heterocycles. The third kappa shape index (κ3) is 2.59. The molecule has 2 aliphatic heterocycles. The SMILES string of the molecule is CC(O)C1CCCN(C(=O)C2CSc3ccccc32)C1. The van der Waals surface area contributed by atoms with Crippen molar-refractivity contribution in [1.82, 2.24) is 4.90 Å². The van der Waals surface area contributed by atoms with E-state index in [0.717, 1.165) is 25.1 Å². The number of carbonyl (C=O) groups is 1. The van der Waals surface area contributed by atoms with Crippen LogP contribution in [0.2, 0.25) is 0 Å². The van der Waals surface area contributed by atoms with Gasteiger partial charge in [0.05, 0.1) is 12.0 Å². The Hall–Kier alpha value is -1.00. The maximum Gasteiger partial charge on any atom is 0.231 e. The molecule has 4 heteroatoms. The summed E-state index contributed by atoms with van der Waals surface area (Å²) in [5.41, 5.74) is 1.18. The standard InChI is InChI=1S/C16H21NO2S/c1-11(18)12-5-4-8-17(9-12)16(19)14-10-20-15-7-3-2-6-13(14)15/h2-3,6-7,11-12,14,18H,4-5,8-10H2,1H3. The van der Waals surface area contributed by atoms with E-state index in [4.69, 9.17) is 0 Å². The summed E-state index contributed by atoms with van der Waals surface area (Å²) in [7, 11) is 0. The van der Waals surface area contributed by atoms with Crippen molar-refractivity contribution in [3.63, 3.8) is 0 Å². The first kappa shape index (κ1) is 14.0. The highest BCUT2D eigenvalue weighted by atomic mass is 32.2. The van der Waals surface area contributed by atoms with Gasteiger partial charge in [-0.1, -0.05) is 18.2 Å². The number of carbonyl (C=O) groups excluding carboxylic acids is 1. The largest absolute Gasteiger partial charge is 0.393 e. The van der Waals surface area contributed by atoms with E-state index in [1.807, 2.05) is 24.0 Å². The lowest BCUT2D eigenvalue weighted by Gasteiger charge is -2.35. The number of thioether (sulfide) groups is 1. The normalized spacial score (nSPS) is 27.2. The molecule has 0 bridgehead atoms. The average molecular weight is 291 g/mol. The maximum atomic E-state index is 12.8. The zero-order chi connectivity index (χ0) is 14.1. The molecule has 0 saturated carbocycles. The molecule has 1 saturated heterocycles. The molecule has 0 aliphatic carbocycles. The second kappa shape index (κ2) is 5.78. The van der Waals surface area contributed by atoms with Crippen LogP contribution in [0.15, 0.2) is 29.2 Å². The molecular formula is C16H21NO2S. The molecule has 1 aromatic rings. The van der Waals surface area contributed by atoms with Crippen LogP contribution in [0.5, 0.6) is 0 Å². The molecule has 0 spiro atoms.